The second kappa shape index (κ2) is 8.00. The molecule has 0 radical (unpaired) electrons. The Hall–Kier alpha value is -3.26. The molecule has 0 bridgehead atoms. The van der Waals surface area contributed by atoms with Gasteiger partial charge in [0.25, 0.3) is 5.69 Å². The van der Waals surface area contributed by atoms with Gasteiger partial charge in [0.05, 0.1) is 29.2 Å². The number of carbonyl (C=O) groups excluding carboxylic acids is 1. The summed E-state index contributed by atoms with van der Waals surface area (Å²) in [6, 6.07) is 11.5. The number of hydrogen-bond donors (Lipinski definition) is 1. The maximum absolute atomic E-state index is 12.7. The zero-order valence-electron chi connectivity index (χ0n) is 16.6. The first-order chi connectivity index (χ1) is 13.7. The van der Waals surface area contributed by atoms with Gasteiger partial charge in [0.15, 0.2) is 5.11 Å². The first-order valence-electron chi connectivity index (χ1n) is 8.96. The number of nitrogens with zero attached hydrogens (tertiary/aromatic N) is 2. The van der Waals surface area contributed by atoms with Crippen LogP contribution in [0.5, 0.6) is 0 Å². The van der Waals surface area contributed by atoms with E-state index in [1.54, 1.807) is 30.0 Å². The highest BCUT2D eigenvalue weighted by Crippen LogP contribution is 2.37. The number of rotatable bonds is 4. The predicted octanol–water partition coefficient (Wildman–Crippen LogP) is 4.09. The Balaban J connectivity index is 2.22. The molecule has 29 heavy (non-hydrogen) atoms. The number of ether oxygens (including phenoxy) is 1. The molecule has 1 N–H and O–H groups in total. The highest BCUT2D eigenvalue weighted by molar-refractivity contribution is 7.80. The minimum atomic E-state index is -0.793. The Morgan fingerprint density at radius 3 is 2.38 bits per heavy atom. The summed E-state index contributed by atoms with van der Waals surface area (Å²) < 4.78 is 5.00. The number of methoxy groups -OCH3 is 1. The zero-order valence-corrected chi connectivity index (χ0v) is 17.4. The van der Waals surface area contributed by atoms with Crippen LogP contribution in [-0.4, -0.2) is 23.1 Å². The van der Waals surface area contributed by atoms with Crippen molar-refractivity contribution in [2.24, 2.45) is 0 Å². The molecule has 8 heteroatoms. The molecule has 0 fully saturated rings. The SMILES string of the molecule is COC(=O)C1=C(C)N(c2cc(C)cc(C)c2)C(=S)NC1c1ccccc1[N+](=O)[O-]. The number of nitrogens with one attached hydrogen (secondary N) is 1. The van der Waals surface area contributed by atoms with Crippen LogP contribution < -0.4 is 10.2 Å². The van der Waals surface area contributed by atoms with Crippen LogP contribution in [0.3, 0.4) is 0 Å². The molecule has 0 saturated carbocycles. The maximum atomic E-state index is 12.7. The van der Waals surface area contributed by atoms with Crippen molar-refractivity contribution >= 4 is 34.7 Å². The van der Waals surface area contributed by atoms with Crippen molar-refractivity contribution in [2.75, 3.05) is 12.0 Å². The number of nitro benzene ring substituents is 1. The van der Waals surface area contributed by atoms with E-state index in [1.807, 2.05) is 32.0 Å². The maximum Gasteiger partial charge on any atom is 0.337 e. The van der Waals surface area contributed by atoms with Crippen LogP contribution in [0.15, 0.2) is 53.7 Å². The quantitative estimate of drug-likeness (QED) is 0.351. The van der Waals surface area contributed by atoms with Crippen molar-refractivity contribution in [2.45, 2.75) is 26.8 Å². The number of nitro groups is 1. The Bertz CT molecular complexity index is 1030. The molecule has 1 unspecified atom stereocenters. The van der Waals surface area contributed by atoms with Gasteiger partial charge in [-0.25, -0.2) is 4.79 Å². The van der Waals surface area contributed by atoms with Gasteiger partial charge in [-0.1, -0.05) is 18.2 Å². The van der Waals surface area contributed by atoms with Crippen LogP contribution in [0.2, 0.25) is 0 Å². The fourth-order valence-electron chi connectivity index (χ4n) is 3.64. The number of anilines is 1. The second-order valence-corrected chi connectivity index (χ2v) is 7.26. The van der Waals surface area contributed by atoms with E-state index in [1.165, 1.54) is 13.2 Å². The minimum absolute atomic E-state index is 0.0955. The molecule has 2 aromatic carbocycles. The summed E-state index contributed by atoms with van der Waals surface area (Å²) in [5.41, 5.74) is 4.00. The summed E-state index contributed by atoms with van der Waals surface area (Å²) in [6.45, 7) is 5.72. The van der Waals surface area contributed by atoms with Crippen LogP contribution >= 0.6 is 12.2 Å². The summed E-state index contributed by atoms with van der Waals surface area (Å²) in [4.78, 5) is 25.5. The third kappa shape index (κ3) is 3.84. The lowest BCUT2D eigenvalue weighted by Crippen LogP contribution is -2.48. The van der Waals surface area contributed by atoms with E-state index in [2.05, 4.69) is 5.32 Å². The number of hydrogen-bond acceptors (Lipinski definition) is 5. The Kier molecular flexibility index (Phi) is 5.65. The lowest BCUT2D eigenvalue weighted by molar-refractivity contribution is -0.385. The zero-order chi connectivity index (χ0) is 21.3. The smallest absolute Gasteiger partial charge is 0.337 e. The Labute approximate surface area is 174 Å². The van der Waals surface area contributed by atoms with Crippen molar-refractivity contribution in [3.8, 4) is 0 Å². The molecular formula is C21H21N3O4S. The summed E-state index contributed by atoms with van der Waals surface area (Å²) in [5.74, 6) is -0.574. The van der Waals surface area contributed by atoms with Crippen molar-refractivity contribution in [1.29, 1.82) is 0 Å². The van der Waals surface area contributed by atoms with Gasteiger partial charge in [-0.05, 0) is 62.3 Å². The van der Waals surface area contributed by atoms with Gasteiger partial charge in [0.1, 0.15) is 0 Å². The van der Waals surface area contributed by atoms with Gasteiger partial charge < -0.3 is 10.1 Å². The van der Waals surface area contributed by atoms with E-state index in [0.29, 0.717) is 16.4 Å². The standard InChI is InChI=1S/C21H21N3O4S/c1-12-9-13(2)11-15(10-12)23-14(3)18(20(25)28-4)19(22-21(23)29)16-7-5-6-8-17(16)24(26)27/h5-11,19H,1-4H3,(H,22,29). The highest BCUT2D eigenvalue weighted by atomic mass is 32.1. The topological polar surface area (TPSA) is 84.7 Å². The average Bonchev–Trinajstić information content (AvgIpc) is 2.66. The minimum Gasteiger partial charge on any atom is -0.466 e. The molecular weight excluding hydrogens is 390 g/mol. The summed E-state index contributed by atoms with van der Waals surface area (Å²) >= 11 is 5.59. The van der Waals surface area contributed by atoms with Gasteiger partial charge in [0.2, 0.25) is 0 Å². The van der Waals surface area contributed by atoms with Crippen LogP contribution in [0.25, 0.3) is 0 Å². The number of esters is 1. The number of benzene rings is 2. The van der Waals surface area contributed by atoms with Crippen molar-refractivity contribution in [1.82, 2.24) is 5.32 Å². The van der Waals surface area contributed by atoms with Crippen molar-refractivity contribution < 1.29 is 14.5 Å². The normalized spacial score (nSPS) is 16.5. The third-order valence-corrected chi connectivity index (χ3v) is 5.10. The van der Waals surface area contributed by atoms with E-state index >= 15 is 0 Å². The largest absolute Gasteiger partial charge is 0.466 e. The van der Waals surface area contributed by atoms with Crippen LogP contribution in [-0.2, 0) is 9.53 Å². The number of para-hydroxylation sites is 1. The summed E-state index contributed by atoms with van der Waals surface area (Å²) in [6.07, 6.45) is 0. The molecule has 7 nitrogen and oxygen atoms in total. The van der Waals surface area contributed by atoms with Gasteiger partial charge in [0, 0.05) is 17.5 Å². The summed E-state index contributed by atoms with van der Waals surface area (Å²) in [7, 11) is 1.28. The molecule has 0 spiro atoms. The van der Waals surface area contributed by atoms with Crippen LogP contribution in [0.4, 0.5) is 11.4 Å². The third-order valence-electron chi connectivity index (χ3n) is 4.80. The number of carbonyl (C=O) groups is 1. The fourth-order valence-corrected chi connectivity index (χ4v) is 4.00. The van der Waals surface area contributed by atoms with E-state index < -0.39 is 16.9 Å². The first-order valence-corrected chi connectivity index (χ1v) is 9.36. The highest BCUT2D eigenvalue weighted by Gasteiger charge is 2.38. The first kappa shape index (κ1) is 20.5. The molecule has 1 aliphatic heterocycles. The van der Waals surface area contributed by atoms with Gasteiger partial charge >= 0.3 is 5.97 Å². The Morgan fingerprint density at radius 2 is 1.79 bits per heavy atom. The Morgan fingerprint density at radius 1 is 1.17 bits per heavy atom. The molecule has 2 aromatic rings. The van der Waals surface area contributed by atoms with Crippen LogP contribution in [0.1, 0.15) is 29.7 Å². The van der Waals surface area contributed by atoms with E-state index in [-0.39, 0.29) is 11.3 Å². The lowest BCUT2D eigenvalue weighted by Gasteiger charge is -2.37. The number of allylic oxidation sites excluding steroid dienone is 1. The molecule has 0 aromatic heterocycles. The molecule has 0 aliphatic carbocycles. The molecule has 1 atom stereocenters. The molecule has 150 valence electrons. The molecule has 1 heterocycles. The average molecular weight is 411 g/mol. The monoisotopic (exact) mass is 411 g/mol. The number of thiocarbonyl (C=S) groups is 1. The second-order valence-electron chi connectivity index (χ2n) is 6.87. The predicted molar refractivity (Wildman–Crippen MR) is 115 cm³/mol. The van der Waals surface area contributed by atoms with E-state index in [4.69, 9.17) is 17.0 Å². The van der Waals surface area contributed by atoms with Crippen LogP contribution in [0, 0.1) is 24.0 Å². The van der Waals surface area contributed by atoms with E-state index in [0.717, 1.165) is 16.8 Å². The van der Waals surface area contributed by atoms with E-state index in [9.17, 15) is 14.9 Å². The molecule has 0 saturated heterocycles. The van der Waals surface area contributed by atoms with Gasteiger partial charge in [-0.2, -0.15) is 0 Å². The van der Waals surface area contributed by atoms with Gasteiger partial charge in [-0.15, -0.1) is 0 Å². The van der Waals surface area contributed by atoms with Crippen molar-refractivity contribution in [3.05, 3.63) is 80.5 Å². The fraction of sp³-hybridized carbons (Fsp3) is 0.238. The molecule has 1 aliphatic rings. The lowest BCUT2D eigenvalue weighted by atomic mass is 9.93. The number of aryl methyl sites for hydroxylation is 2. The summed E-state index contributed by atoms with van der Waals surface area (Å²) in [5, 5.41) is 15.0. The molecule has 3 rings (SSSR count). The van der Waals surface area contributed by atoms with Gasteiger partial charge in [-0.3, -0.25) is 15.0 Å². The molecule has 0 amide bonds. The van der Waals surface area contributed by atoms with Crippen molar-refractivity contribution in [3.63, 3.8) is 0 Å².